The maximum Gasteiger partial charge on any atom is 0.325 e. The van der Waals surface area contributed by atoms with E-state index in [4.69, 9.17) is 0 Å². The first kappa shape index (κ1) is 14.4. The summed E-state index contributed by atoms with van der Waals surface area (Å²) < 4.78 is 0. The van der Waals surface area contributed by atoms with Gasteiger partial charge >= 0.3 is 5.97 Å². The quantitative estimate of drug-likeness (QED) is 0.753. The Bertz CT molecular complexity index is 459. The van der Waals surface area contributed by atoms with Crippen molar-refractivity contribution in [2.45, 2.75) is 37.1 Å². The fraction of sp³-hybridized carbons (Fsp3) is 0.533. The molecule has 0 heterocycles. The van der Waals surface area contributed by atoms with Gasteiger partial charge in [0.05, 0.1) is 0 Å². The van der Waals surface area contributed by atoms with Gasteiger partial charge in [-0.2, -0.15) is 0 Å². The van der Waals surface area contributed by atoms with Crippen molar-refractivity contribution in [1.29, 1.82) is 0 Å². The van der Waals surface area contributed by atoms with Gasteiger partial charge in [-0.1, -0.05) is 25.1 Å². The first-order valence-corrected chi connectivity index (χ1v) is 7.75. The highest BCUT2D eigenvalue weighted by Crippen LogP contribution is 2.42. The second-order valence-corrected chi connectivity index (χ2v) is 6.15. The molecule has 2 N–H and O–H groups in total. The van der Waals surface area contributed by atoms with Crippen LogP contribution in [0.1, 0.15) is 25.3 Å². The Balaban J connectivity index is 2.12. The van der Waals surface area contributed by atoms with Gasteiger partial charge in [-0.05, 0) is 43.9 Å². The van der Waals surface area contributed by atoms with Crippen LogP contribution in [0.5, 0.6) is 0 Å². The number of hydrogen-bond donors (Lipinski definition) is 2. The molecular weight excluding hydrogens is 258 g/mol. The molecule has 1 aliphatic rings. The molecule has 1 atom stereocenters. The average molecular weight is 279 g/mol. The highest BCUT2D eigenvalue weighted by molar-refractivity contribution is 7.99. The van der Waals surface area contributed by atoms with Crippen molar-refractivity contribution in [3.63, 3.8) is 0 Å². The van der Waals surface area contributed by atoms with E-state index in [9.17, 15) is 9.90 Å². The largest absolute Gasteiger partial charge is 0.480 e. The van der Waals surface area contributed by atoms with Gasteiger partial charge in [-0.25, -0.2) is 0 Å². The molecular formula is C15H21NO2S. The first-order valence-electron chi connectivity index (χ1n) is 6.77. The van der Waals surface area contributed by atoms with E-state index in [2.05, 4.69) is 24.4 Å². The van der Waals surface area contributed by atoms with Crippen molar-refractivity contribution in [2.75, 3.05) is 12.3 Å². The van der Waals surface area contributed by atoms with Crippen LogP contribution in [0.25, 0.3) is 0 Å². The Hall–Kier alpha value is -1.00. The fourth-order valence-corrected chi connectivity index (χ4v) is 3.74. The minimum Gasteiger partial charge on any atom is -0.480 e. The van der Waals surface area contributed by atoms with Crippen LogP contribution in [0.4, 0.5) is 0 Å². The van der Waals surface area contributed by atoms with Crippen LogP contribution in [0.15, 0.2) is 29.2 Å². The maximum atomic E-state index is 11.7. The predicted molar refractivity (Wildman–Crippen MR) is 78.7 cm³/mol. The molecule has 0 saturated heterocycles. The highest BCUT2D eigenvalue weighted by Gasteiger charge is 2.50. The third kappa shape index (κ3) is 3.12. The fourth-order valence-electron chi connectivity index (χ4n) is 2.43. The van der Waals surface area contributed by atoms with E-state index in [-0.39, 0.29) is 5.92 Å². The molecule has 1 aliphatic carbocycles. The summed E-state index contributed by atoms with van der Waals surface area (Å²) in [6, 6.07) is 8.14. The molecule has 3 nitrogen and oxygen atoms in total. The van der Waals surface area contributed by atoms with Crippen LogP contribution < -0.4 is 5.32 Å². The SMILES string of the molecule is CCNC(CSc1ccccc1C)(C(=O)O)C1CC1. The molecule has 0 amide bonds. The maximum absolute atomic E-state index is 11.7. The van der Waals surface area contributed by atoms with Crippen molar-refractivity contribution in [3.05, 3.63) is 29.8 Å². The smallest absolute Gasteiger partial charge is 0.325 e. The summed E-state index contributed by atoms with van der Waals surface area (Å²) in [4.78, 5) is 12.9. The van der Waals surface area contributed by atoms with Crippen molar-refractivity contribution >= 4 is 17.7 Å². The lowest BCUT2D eigenvalue weighted by atomic mass is 9.96. The lowest BCUT2D eigenvalue weighted by Crippen LogP contribution is -2.56. The molecule has 1 fully saturated rings. The lowest BCUT2D eigenvalue weighted by Gasteiger charge is -2.30. The minimum atomic E-state index is -0.762. The standard InChI is InChI=1S/C15H21NO2S/c1-3-16-15(14(17)18,12-8-9-12)10-19-13-7-5-4-6-11(13)2/h4-7,12,16H,3,8-10H2,1-2H3,(H,17,18). The lowest BCUT2D eigenvalue weighted by molar-refractivity contribution is -0.144. The summed E-state index contributed by atoms with van der Waals surface area (Å²) in [7, 11) is 0. The number of aryl methyl sites for hydroxylation is 1. The second kappa shape index (κ2) is 5.97. The van der Waals surface area contributed by atoms with E-state index in [1.54, 1.807) is 11.8 Å². The van der Waals surface area contributed by atoms with Gasteiger partial charge in [0, 0.05) is 10.6 Å². The molecule has 0 radical (unpaired) electrons. The first-order chi connectivity index (χ1) is 9.10. The zero-order valence-electron chi connectivity index (χ0n) is 11.5. The van der Waals surface area contributed by atoms with Crippen molar-refractivity contribution in [2.24, 2.45) is 5.92 Å². The van der Waals surface area contributed by atoms with Gasteiger partial charge in [0.1, 0.15) is 5.54 Å². The number of likely N-dealkylation sites (N-methyl/N-ethyl adjacent to an activating group) is 1. The number of rotatable bonds is 7. The van der Waals surface area contributed by atoms with Crippen LogP contribution in [-0.2, 0) is 4.79 Å². The molecule has 4 heteroatoms. The van der Waals surface area contributed by atoms with E-state index < -0.39 is 11.5 Å². The van der Waals surface area contributed by atoms with Crippen LogP contribution in [-0.4, -0.2) is 28.9 Å². The molecule has 19 heavy (non-hydrogen) atoms. The molecule has 0 bridgehead atoms. The number of nitrogens with one attached hydrogen (secondary N) is 1. The van der Waals surface area contributed by atoms with Crippen LogP contribution in [0.2, 0.25) is 0 Å². The highest BCUT2D eigenvalue weighted by atomic mass is 32.2. The van der Waals surface area contributed by atoms with E-state index in [0.29, 0.717) is 12.3 Å². The Labute approximate surface area is 118 Å². The second-order valence-electron chi connectivity index (χ2n) is 5.14. The molecule has 0 spiro atoms. The summed E-state index contributed by atoms with van der Waals surface area (Å²) in [6.07, 6.45) is 2.04. The number of carbonyl (C=O) groups is 1. The van der Waals surface area contributed by atoms with Crippen molar-refractivity contribution in [3.8, 4) is 0 Å². The van der Waals surface area contributed by atoms with Gasteiger partial charge in [-0.15, -0.1) is 11.8 Å². The molecule has 1 saturated carbocycles. The van der Waals surface area contributed by atoms with Gasteiger partial charge in [0.25, 0.3) is 0 Å². The van der Waals surface area contributed by atoms with Gasteiger partial charge in [0.15, 0.2) is 0 Å². The molecule has 0 aromatic heterocycles. The van der Waals surface area contributed by atoms with Gasteiger partial charge in [0.2, 0.25) is 0 Å². The minimum absolute atomic E-state index is 0.279. The summed E-state index contributed by atoms with van der Waals surface area (Å²) >= 11 is 1.65. The third-order valence-corrected chi connectivity index (χ3v) is 5.07. The zero-order valence-corrected chi connectivity index (χ0v) is 12.3. The van der Waals surface area contributed by atoms with E-state index in [1.165, 1.54) is 10.5 Å². The monoisotopic (exact) mass is 279 g/mol. The average Bonchev–Trinajstić information content (AvgIpc) is 3.20. The van der Waals surface area contributed by atoms with Gasteiger partial charge < -0.3 is 10.4 Å². The number of thioether (sulfide) groups is 1. The van der Waals surface area contributed by atoms with E-state index >= 15 is 0 Å². The molecule has 2 rings (SSSR count). The van der Waals surface area contributed by atoms with Crippen LogP contribution in [0.3, 0.4) is 0 Å². The Morgan fingerprint density at radius 3 is 2.68 bits per heavy atom. The summed E-state index contributed by atoms with van der Waals surface area (Å²) in [5, 5.41) is 12.9. The molecule has 1 aromatic rings. The van der Waals surface area contributed by atoms with Crippen molar-refractivity contribution in [1.82, 2.24) is 5.32 Å². The molecule has 1 aromatic carbocycles. The van der Waals surface area contributed by atoms with Crippen LogP contribution in [0, 0.1) is 12.8 Å². The number of aliphatic carboxylic acids is 1. The van der Waals surface area contributed by atoms with Crippen molar-refractivity contribution < 1.29 is 9.90 Å². The summed E-state index contributed by atoms with van der Waals surface area (Å²) in [5.41, 5.74) is 0.445. The number of carboxylic acid groups (broad SMARTS) is 1. The van der Waals surface area contributed by atoms with E-state index in [1.807, 2.05) is 19.1 Å². The number of benzene rings is 1. The van der Waals surface area contributed by atoms with E-state index in [0.717, 1.165) is 12.8 Å². The third-order valence-electron chi connectivity index (χ3n) is 3.70. The summed E-state index contributed by atoms with van der Waals surface area (Å²) in [6.45, 7) is 4.73. The molecule has 0 aliphatic heterocycles. The predicted octanol–water partition coefficient (Wildman–Crippen LogP) is 2.93. The summed E-state index contributed by atoms with van der Waals surface area (Å²) in [5.74, 6) is 0.158. The normalized spacial score (nSPS) is 18.0. The number of hydrogen-bond acceptors (Lipinski definition) is 3. The zero-order chi connectivity index (χ0) is 13.9. The molecule has 104 valence electrons. The Morgan fingerprint density at radius 2 is 2.16 bits per heavy atom. The Kier molecular flexibility index (Phi) is 4.53. The Morgan fingerprint density at radius 1 is 1.47 bits per heavy atom. The van der Waals surface area contributed by atoms with Gasteiger partial charge in [-0.3, -0.25) is 4.79 Å². The molecule has 1 unspecified atom stereocenters. The number of carboxylic acids is 1. The topological polar surface area (TPSA) is 49.3 Å². The van der Waals surface area contributed by atoms with Crippen LogP contribution >= 0.6 is 11.8 Å².